The van der Waals surface area contributed by atoms with Gasteiger partial charge in [-0.3, -0.25) is 4.79 Å². The third kappa shape index (κ3) is 7.52. The van der Waals surface area contributed by atoms with Gasteiger partial charge in [-0.25, -0.2) is 0 Å². The van der Waals surface area contributed by atoms with E-state index in [4.69, 9.17) is 9.47 Å². The van der Waals surface area contributed by atoms with Crippen LogP contribution in [0.5, 0.6) is 5.75 Å². The van der Waals surface area contributed by atoms with Crippen molar-refractivity contribution in [2.45, 2.75) is 33.1 Å². The molecule has 2 rings (SSSR count). The van der Waals surface area contributed by atoms with E-state index in [0.29, 0.717) is 32.1 Å². The summed E-state index contributed by atoms with van der Waals surface area (Å²) >= 11 is 0. The number of carbonyl (C=O) groups excluding carboxylic acids is 1. The fourth-order valence-corrected chi connectivity index (χ4v) is 3.14. The van der Waals surface area contributed by atoms with E-state index in [1.54, 1.807) is 7.11 Å². The smallest absolute Gasteiger partial charge is 0.224 e. The van der Waals surface area contributed by atoms with Crippen LogP contribution in [0.1, 0.15) is 32.3 Å². The number of hydrogen-bond acceptors (Lipinski definition) is 4. The van der Waals surface area contributed by atoms with E-state index in [-0.39, 0.29) is 23.7 Å². The van der Waals surface area contributed by atoms with E-state index in [1.807, 2.05) is 24.3 Å². The highest BCUT2D eigenvalue weighted by atomic mass is 35.5. The summed E-state index contributed by atoms with van der Waals surface area (Å²) in [5, 5.41) is 6.47. The zero-order valence-corrected chi connectivity index (χ0v) is 17.0. The van der Waals surface area contributed by atoms with Crippen molar-refractivity contribution in [1.82, 2.24) is 10.6 Å². The van der Waals surface area contributed by atoms with Crippen LogP contribution in [0.25, 0.3) is 0 Å². The Kier molecular flexibility index (Phi) is 9.99. The zero-order chi connectivity index (χ0) is 18.1. The van der Waals surface area contributed by atoms with Crippen molar-refractivity contribution in [1.29, 1.82) is 0 Å². The zero-order valence-electron chi connectivity index (χ0n) is 16.2. The Morgan fingerprint density at radius 3 is 2.46 bits per heavy atom. The minimum Gasteiger partial charge on any atom is -0.493 e. The number of piperidine rings is 1. The molecule has 26 heavy (non-hydrogen) atoms. The van der Waals surface area contributed by atoms with Crippen molar-refractivity contribution in [2.75, 3.05) is 40.0 Å². The molecule has 1 aliphatic rings. The van der Waals surface area contributed by atoms with Gasteiger partial charge in [0.1, 0.15) is 5.75 Å². The molecule has 1 saturated heterocycles. The average molecular weight is 385 g/mol. The number of ether oxygens (including phenoxy) is 2. The van der Waals surface area contributed by atoms with Crippen molar-refractivity contribution < 1.29 is 14.3 Å². The van der Waals surface area contributed by atoms with Gasteiger partial charge in [0.25, 0.3) is 0 Å². The average Bonchev–Trinajstić information content (AvgIpc) is 2.60. The lowest BCUT2D eigenvalue weighted by Gasteiger charge is -2.37. The molecule has 2 N–H and O–H groups in total. The van der Waals surface area contributed by atoms with Crippen LogP contribution < -0.4 is 15.4 Å². The lowest BCUT2D eigenvalue weighted by Crippen LogP contribution is -2.47. The Morgan fingerprint density at radius 2 is 1.88 bits per heavy atom. The van der Waals surface area contributed by atoms with Crippen LogP contribution in [0.2, 0.25) is 0 Å². The van der Waals surface area contributed by atoms with Crippen LogP contribution in [-0.4, -0.2) is 45.9 Å². The Labute approximate surface area is 163 Å². The first-order valence-corrected chi connectivity index (χ1v) is 9.21. The van der Waals surface area contributed by atoms with Gasteiger partial charge < -0.3 is 20.1 Å². The summed E-state index contributed by atoms with van der Waals surface area (Å²) < 4.78 is 11.1. The maximum Gasteiger partial charge on any atom is 0.224 e. The quantitative estimate of drug-likeness (QED) is 0.687. The van der Waals surface area contributed by atoms with Gasteiger partial charge in [0.05, 0.1) is 19.6 Å². The Bertz CT molecular complexity index is 523. The molecule has 0 bridgehead atoms. The maximum absolute atomic E-state index is 12.3. The van der Waals surface area contributed by atoms with Gasteiger partial charge in [-0.1, -0.05) is 26.0 Å². The lowest BCUT2D eigenvalue weighted by atomic mass is 9.79. The van der Waals surface area contributed by atoms with E-state index in [0.717, 1.165) is 37.2 Å². The topological polar surface area (TPSA) is 59.6 Å². The van der Waals surface area contributed by atoms with Gasteiger partial charge in [-0.2, -0.15) is 0 Å². The van der Waals surface area contributed by atoms with Gasteiger partial charge in [0.2, 0.25) is 5.91 Å². The largest absolute Gasteiger partial charge is 0.493 e. The molecule has 0 spiro atoms. The Morgan fingerprint density at radius 1 is 1.23 bits per heavy atom. The van der Waals surface area contributed by atoms with Crippen molar-refractivity contribution in [3.05, 3.63) is 29.8 Å². The fraction of sp³-hybridized carbons (Fsp3) is 0.650. The van der Waals surface area contributed by atoms with Gasteiger partial charge in [-0.15, -0.1) is 12.4 Å². The van der Waals surface area contributed by atoms with Crippen molar-refractivity contribution in [3.63, 3.8) is 0 Å². The third-order valence-electron chi connectivity index (χ3n) is 4.65. The van der Waals surface area contributed by atoms with Crippen LogP contribution >= 0.6 is 12.4 Å². The van der Waals surface area contributed by atoms with Gasteiger partial charge >= 0.3 is 0 Å². The highest BCUT2D eigenvalue weighted by molar-refractivity contribution is 5.85. The number of nitrogens with one attached hydrogen (secondary N) is 2. The lowest BCUT2D eigenvalue weighted by molar-refractivity contribution is -0.121. The highest BCUT2D eigenvalue weighted by Crippen LogP contribution is 2.28. The van der Waals surface area contributed by atoms with Gasteiger partial charge in [0.15, 0.2) is 0 Å². The molecule has 0 atom stereocenters. The molecular formula is C20H33ClN2O3. The van der Waals surface area contributed by atoms with Crippen LogP contribution in [0.3, 0.4) is 0 Å². The fourth-order valence-electron chi connectivity index (χ4n) is 3.14. The normalized spacial score (nSPS) is 16.0. The molecule has 0 saturated carbocycles. The summed E-state index contributed by atoms with van der Waals surface area (Å²) in [7, 11) is 1.73. The molecule has 0 unspecified atom stereocenters. The van der Waals surface area contributed by atoms with Crippen molar-refractivity contribution >= 4 is 18.3 Å². The second-order valence-electron chi connectivity index (χ2n) is 7.49. The summed E-state index contributed by atoms with van der Waals surface area (Å²) in [5.41, 5.74) is 1.06. The third-order valence-corrected chi connectivity index (χ3v) is 4.65. The Hall–Kier alpha value is -1.30. The molecule has 148 valence electrons. The predicted octanol–water partition coefficient (Wildman–Crippen LogP) is 2.82. The van der Waals surface area contributed by atoms with Crippen LogP contribution in [-0.2, 0) is 16.0 Å². The molecule has 1 heterocycles. The first-order valence-electron chi connectivity index (χ1n) is 9.21. The molecule has 1 amide bonds. The maximum atomic E-state index is 12.3. The van der Waals surface area contributed by atoms with Crippen LogP contribution in [0, 0.1) is 11.3 Å². The molecule has 1 fully saturated rings. The summed E-state index contributed by atoms with van der Waals surface area (Å²) in [6.07, 6.45) is 2.46. The number of rotatable bonds is 9. The first kappa shape index (κ1) is 22.7. The Balaban J connectivity index is 0.00000338. The highest BCUT2D eigenvalue weighted by Gasteiger charge is 2.32. The standard InChI is InChI=1S/C20H32N2O3.ClH/c1-16(2)13-25-18-6-4-17(5-7-18)12-19(23)22-14-20(15-24-3)8-10-21-11-9-20;/h4-7,16,21H,8-15H2,1-3H3,(H,22,23);1H. The molecule has 0 aliphatic carbocycles. The molecule has 1 aromatic carbocycles. The number of methoxy groups -OCH3 is 1. The van der Waals surface area contributed by atoms with E-state index >= 15 is 0 Å². The second-order valence-corrected chi connectivity index (χ2v) is 7.49. The number of halogens is 1. The number of carbonyl (C=O) groups is 1. The predicted molar refractivity (Wildman–Crippen MR) is 107 cm³/mol. The number of benzene rings is 1. The summed E-state index contributed by atoms with van der Waals surface area (Å²) in [6.45, 7) is 8.28. The van der Waals surface area contributed by atoms with Crippen LogP contribution in [0.15, 0.2) is 24.3 Å². The van der Waals surface area contributed by atoms with E-state index < -0.39 is 0 Å². The van der Waals surface area contributed by atoms with E-state index in [1.165, 1.54) is 0 Å². The minimum absolute atomic E-state index is 0. The second kappa shape index (κ2) is 11.4. The molecule has 5 nitrogen and oxygen atoms in total. The molecule has 0 aromatic heterocycles. The van der Waals surface area contributed by atoms with Crippen molar-refractivity contribution in [3.8, 4) is 5.75 Å². The summed E-state index contributed by atoms with van der Waals surface area (Å²) in [4.78, 5) is 12.3. The summed E-state index contributed by atoms with van der Waals surface area (Å²) in [6, 6.07) is 7.80. The summed E-state index contributed by atoms with van der Waals surface area (Å²) in [5.74, 6) is 1.41. The minimum atomic E-state index is 0. The van der Waals surface area contributed by atoms with Crippen LogP contribution in [0.4, 0.5) is 0 Å². The molecule has 6 heteroatoms. The number of hydrogen-bond donors (Lipinski definition) is 2. The molecular weight excluding hydrogens is 352 g/mol. The van der Waals surface area contributed by atoms with E-state index in [9.17, 15) is 4.79 Å². The number of amides is 1. The monoisotopic (exact) mass is 384 g/mol. The molecule has 1 aliphatic heterocycles. The van der Waals surface area contributed by atoms with Gasteiger partial charge in [0, 0.05) is 19.1 Å². The van der Waals surface area contributed by atoms with Gasteiger partial charge in [-0.05, 0) is 49.5 Å². The molecule has 0 radical (unpaired) electrons. The van der Waals surface area contributed by atoms with E-state index in [2.05, 4.69) is 24.5 Å². The first-order chi connectivity index (χ1) is 12.0. The SMILES string of the molecule is COCC1(CNC(=O)Cc2ccc(OCC(C)C)cc2)CCNCC1.Cl. The molecule has 1 aromatic rings. The van der Waals surface area contributed by atoms with Crippen molar-refractivity contribution in [2.24, 2.45) is 11.3 Å².